The Morgan fingerprint density at radius 2 is 0.778 bits per heavy atom. The molecule has 6 heteroatoms. The van der Waals surface area contributed by atoms with E-state index in [1.54, 1.807) is 0 Å². The van der Waals surface area contributed by atoms with Gasteiger partial charge in [-0.05, 0) is 114 Å². The lowest BCUT2D eigenvalue weighted by Gasteiger charge is -2.46. The Kier molecular flexibility index (Phi) is 14.0. The van der Waals surface area contributed by atoms with E-state index in [1.807, 2.05) is 6.08 Å². The van der Waals surface area contributed by atoms with Crippen LogP contribution < -0.4 is 53.1 Å². The van der Waals surface area contributed by atoms with Crippen LogP contribution in [0, 0.1) is 0 Å². The maximum absolute atomic E-state index is 4.14. The molecule has 8 aromatic rings. The molecule has 310 valence electrons. The number of rotatable bonds is 14. The first-order chi connectivity index (χ1) is 31.1. The summed E-state index contributed by atoms with van der Waals surface area (Å²) in [6.07, 6.45) is 6.85. The molecule has 3 nitrogen and oxygen atoms in total. The van der Waals surface area contributed by atoms with Gasteiger partial charge in [-0.15, -0.1) is 0 Å². The number of benzene rings is 8. The first kappa shape index (κ1) is 42.7. The van der Waals surface area contributed by atoms with Gasteiger partial charge >= 0.3 is 0 Å². The Bertz CT molecular complexity index is 2650. The highest BCUT2D eigenvalue weighted by Gasteiger charge is 2.36. The number of allylic oxidation sites excluding steroid dienone is 3. The minimum Gasteiger partial charge on any atom is -0.279 e. The van der Waals surface area contributed by atoms with Gasteiger partial charge in [0.15, 0.2) is 0 Å². The molecule has 1 heterocycles. The number of hydrogen-bond acceptors (Lipinski definition) is 3. The predicted octanol–water partition coefficient (Wildman–Crippen LogP) is 9.90. The summed E-state index contributed by atoms with van der Waals surface area (Å²) in [5.41, 5.74) is 3.72. The first-order valence-electron chi connectivity index (χ1n) is 21.6. The van der Waals surface area contributed by atoms with Crippen molar-refractivity contribution in [2.24, 2.45) is 0 Å². The lowest BCUT2D eigenvalue weighted by atomic mass is 10.0. The number of nitrogens with zero attached hydrogens (tertiary/aromatic N) is 1. The van der Waals surface area contributed by atoms with Gasteiger partial charge in [0.1, 0.15) is 0 Å². The van der Waals surface area contributed by atoms with Gasteiger partial charge in [0.05, 0.1) is 18.5 Å². The molecule has 0 spiro atoms. The molecule has 0 saturated carbocycles. The molecular formula is C57H52N3P3. The number of nitrogens with one attached hydrogen (secondary N) is 2. The van der Waals surface area contributed by atoms with E-state index in [9.17, 15) is 0 Å². The van der Waals surface area contributed by atoms with E-state index in [-0.39, 0.29) is 18.5 Å². The molecule has 9 rings (SSSR count). The molecule has 1 aliphatic rings. The van der Waals surface area contributed by atoms with Gasteiger partial charge in [-0.2, -0.15) is 0 Å². The summed E-state index contributed by atoms with van der Waals surface area (Å²) >= 11 is 0. The monoisotopic (exact) mass is 871 g/mol. The predicted molar refractivity (Wildman–Crippen MR) is 276 cm³/mol. The molecule has 0 aromatic heterocycles. The Hall–Kier alpha value is -5.59. The van der Waals surface area contributed by atoms with Gasteiger partial charge in [0, 0.05) is 0 Å². The smallest absolute Gasteiger partial charge is 0.0888 e. The summed E-state index contributed by atoms with van der Waals surface area (Å²) in [6, 6.07) is 82.9. The van der Waals surface area contributed by atoms with Crippen molar-refractivity contribution in [3.8, 4) is 0 Å². The third-order valence-electron chi connectivity index (χ3n) is 11.6. The van der Waals surface area contributed by atoms with Crippen LogP contribution >= 0.6 is 23.8 Å². The van der Waals surface area contributed by atoms with Crippen LogP contribution in [0.15, 0.2) is 249 Å². The lowest BCUT2D eigenvalue weighted by Crippen LogP contribution is -2.55. The van der Waals surface area contributed by atoms with E-state index in [0.29, 0.717) is 0 Å². The van der Waals surface area contributed by atoms with Crippen LogP contribution in [0.25, 0.3) is 0 Å². The molecule has 4 atom stereocenters. The van der Waals surface area contributed by atoms with Gasteiger partial charge in [-0.3, -0.25) is 15.5 Å². The second kappa shape index (κ2) is 20.7. The van der Waals surface area contributed by atoms with Crippen molar-refractivity contribution in [2.45, 2.75) is 18.5 Å². The maximum atomic E-state index is 4.14. The first-order valence-corrected chi connectivity index (χ1v) is 25.8. The van der Waals surface area contributed by atoms with Crippen molar-refractivity contribution in [1.82, 2.24) is 15.5 Å². The Morgan fingerprint density at radius 1 is 0.429 bits per heavy atom. The highest BCUT2D eigenvalue weighted by atomic mass is 31.1. The van der Waals surface area contributed by atoms with E-state index in [2.05, 4.69) is 266 Å². The Morgan fingerprint density at radius 3 is 1.21 bits per heavy atom. The molecule has 1 saturated heterocycles. The summed E-state index contributed by atoms with van der Waals surface area (Å²) in [5, 5.41) is 19.1. The Labute approximate surface area is 377 Å². The van der Waals surface area contributed by atoms with Crippen molar-refractivity contribution >= 4 is 66.2 Å². The summed E-state index contributed by atoms with van der Waals surface area (Å²) in [6.45, 7) is 3.94. The van der Waals surface area contributed by atoms with Crippen LogP contribution in [-0.2, 0) is 0 Å². The van der Waals surface area contributed by atoms with Crippen molar-refractivity contribution in [3.63, 3.8) is 0 Å². The fourth-order valence-corrected chi connectivity index (χ4v) is 15.4. The second-order valence-electron chi connectivity index (χ2n) is 15.6. The fraction of sp³-hybridized carbons (Fsp3) is 0.0877. The molecule has 63 heavy (non-hydrogen) atoms. The van der Waals surface area contributed by atoms with Crippen LogP contribution in [0.1, 0.15) is 35.2 Å². The fourth-order valence-electron chi connectivity index (χ4n) is 8.58. The van der Waals surface area contributed by atoms with Gasteiger partial charge < -0.3 is 0 Å². The third kappa shape index (κ3) is 9.97. The zero-order valence-electron chi connectivity index (χ0n) is 35.5. The maximum Gasteiger partial charge on any atom is 0.0888 e. The minimum absolute atomic E-state index is 0.0839. The Balaban J connectivity index is 1.14. The van der Waals surface area contributed by atoms with Crippen molar-refractivity contribution in [2.75, 3.05) is 13.2 Å². The summed E-state index contributed by atoms with van der Waals surface area (Å²) < 4.78 is 0. The van der Waals surface area contributed by atoms with Gasteiger partial charge in [-0.25, -0.2) is 0 Å². The molecular weight excluding hydrogens is 820 g/mol. The average molecular weight is 872 g/mol. The van der Waals surface area contributed by atoms with Gasteiger partial charge in [-0.1, -0.05) is 231 Å². The summed E-state index contributed by atoms with van der Waals surface area (Å²) in [7, 11) is 0.0861. The molecule has 8 aromatic carbocycles. The average Bonchev–Trinajstić information content (AvgIpc) is 3.35. The zero-order valence-corrected chi connectivity index (χ0v) is 38.2. The van der Waals surface area contributed by atoms with Crippen molar-refractivity contribution < 1.29 is 0 Å². The van der Waals surface area contributed by atoms with Crippen LogP contribution in [0.3, 0.4) is 0 Å². The molecule has 0 bridgehead atoms. The molecule has 2 N–H and O–H groups in total. The van der Waals surface area contributed by atoms with Crippen molar-refractivity contribution in [3.05, 3.63) is 266 Å². The standard InChI is InChI=1S/C57H52N3P3/c1-3-4-20-40-61(47-27-10-5-11-28-47)52-37-22-25-45(42-52)56-58-55(44-24-21-38-53(41-44)62(48-29-12-6-13-30-48)49-31-14-7-15-32-49)59-57(60(56)2)46-26-23-39-54(43-46)63(50-33-16-8-17-34-50)51-35-18-9-19-36-51/h3-39,41-43,55-59H,1,40H2,2H3/b20-4-. The molecule has 0 radical (unpaired) electrons. The largest absolute Gasteiger partial charge is 0.279 e. The SMILES string of the molecule is C=C/C=C\CP(c1ccccc1)c1cccc(C2NC(c3cccc(P(c4ccccc4)c4ccccc4)c3)NC(c3cccc(P(c4ccccc4)c4ccccc4)c3)N2C)c1. The van der Waals surface area contributed by atoms with Gasteiger partial charge in [0.25, 0.3) is 0 Å². The van der Waals surface area contributed by atoms with Crippen LogP contribution in [-0.4, -0.2) is 18.1 Å². The highest BCUT2D eigenvalue weighted by molar-refractivity contribution is 7.80. The van der Waals surface area contributed by atoms with E-state index in [0.717, 1.165) is 6.16 Å². The molecule has 1 fully saturated rings. The molecule has 0 amide bonds. The molecule has 4 unspecified atom stereocenters. The van der Waals surface area contributed by atoms with Crippen LogP contribution in [0.5, 0.6) is 0 Å². The van der Waals surface area contributed by atoms with E-state index >= 15 is 0 Å². The van der Waals surface area contributed by atoms with E-state index in [4.69, 9.17) is 0 Å². The van der Waals surface area contributed by atoms with Crippen LogP contribution in [0.4, 0.5) is 0 Å². The lowest BCUT2D eigenvalue weighted by molar-refractivity contribution is 0.0417. The topological polar surface area (TPSA) is 27.3 Å². The molecule has 0 aliphatic carbocycles. The molecule has 1 aliphatic heterocycles. The highest BCUT2D eigenvalue weighted by Crippen LogP contribution is 2.40. The zero-order chi connectivity index (χ0) is 42.8. The normalized spacial score (nSPS) is 17.2. The summed E-state index contributed by atoms with van der Waals surface area (Å²) in [5.74, 6) is 0. The third-order valence-corrected chi connectivity index (χ3v) is 18.8. The van der Waals surface area contributed by atoms with E-state index < -0.39 is 23.8 Å². The van der Waals surface area contributed by atoms with Crippen molar-refractivity contribution in [1.29, 1.82) is 0 Å². The quantitative estimate of drug-likeness (QED) is 0.0843. The second-order valence-corrected chi connectivity index (χ2v) is 22.3. The van der Waals surface area contributed by atoms with E-state index in [1.165, 1.54) is 59.1 Å². The van der Waals surface area contributed by atoms with Crippen LogP contribution in [0.2, 0.25) is 0 Å². The number of hydrogen-bond donors (Lipinski definition) is 2. The van der Waals surface area contributed by atoms with Gasteiger partial charge in [0.2, 0.25) is 0 Å². The summed E-state index contributed by atoms with van der Waals surface area (Å²) in [4.78, 5) is 2.48. The minimum atomic E-state index is -0.773.